The summed E-state index contributed by atoms with van der Waals surface area (Å²) < 4.78 is 14.0. The molecule has 3 rings (SSSR count). The van der Waals surface area contributed by atoms with Crippen molar-refractivity contribution in [1.82, 2.24) is 10.2 Å². The first-order chi connectivity index (χ1) is 9.31. The molecule has 0 aliphatic heterocycles. The summed E-state index contributed by atoms with van der Waals surface area (Å²) >= 11 is 3.26. The van der Waals surface area contributed by atoms with Gasteiger partial charge in [-0.2, -0.15) is 0 Å². The molecule has 3 aromatic rings. The smallest absolute Gasteiger partial charge is 0.124 e. The normalized spacial score (nSPS) is 10.6. The number of rotatable bonds is 3. The van der Waals surface area contributed by atoms with E-state index < -0.39 is 0 Å². The standard InChI is InChI=1S/C14H9FN2S2/c15-11-5-3-10(4-6-11)12-7-8-13(17-16-12)19-14-2-1-9-18-14/h1-9H. The third kappa shape index (κ3) is 3.00. The quantitative estimate of drug-likeness (QED) is 0.710. The predicted octanol–water partition coefficient (Wildman–Crippen LogP) is 4.50. The summed E-state index contributed by atoms with van der Waals surface area (Å²) in [5.74, 6) is -0.249. The van der Waals surface area contributed by atoms with Crippen molar-refractivity contribution in [3.05, 3.63) is 59.7 Å². The zero-order chi connectivity index (χ0) is 13.1. The highest BCUT2D eigenvalue weighted by Gasteiger charge is 2.03. The lowest BCUT2D eigenvalue weighted by Gasteiger charge is -2.01. The van der Waals surface area contributed by atoms with Crippen LogP contribution in [0.3, 0.4) is 0 Å². The van der Waals surface area contributed by atoms with Gasteiger partial charge in [0.2, 0.25) is 0 Å². The van der Waals surface area contributed by atoms with Gasteiger partial charge in [-0.3, -0.25) is 0 Å². The summed E-state index contributed by atoms with van der Waals surface area (Å²) in [6, 6.07) is 14.1. The highest BCUT2D eigenvalue weighted by Crippen LogP contribution is 2.30. The molecule has 0 N–H and O–H groups in total. The first kappa shape index (κ1) is 12.3. The Bertz CT molecular complexity index is 649. The molecule has 2 aromatic heterocycles. The Balaban J connectivity index is 1.80. The van der Waals surface area contributed by atoms with Crippen LogP contribution in [0.4, 0.5) is 4.39 Å². The average molecular weight is 288 g/mol. The summed E-state index contributed by atoms with van der Waals surface area (Å²) in [6.45, 7) is 0. The zero-order valence-corrected chi connectivity index (χ0v) is 11.4. The monoisotopic (exact) mass is 288 g/mol. The van der Waals surface area contributed by atoms with Gasteiger partial charge in [0, 0.05) is 5.56 Å². The Labute approximate surface area is 118 Å². The van der Waals surface area contributed by atoms with Crippen LogP contribution < -0.4 is 0 Å². The van der Waals surface area contributed by atoms with Crippen LogP contribution in [-0.2, 0) is 0 Å². The number of hydrogen-bond acceptors (Lipinski definition) is 4. The van der Waals surface area contributed by atoms with Crippen LogP contribution in [0, 0.1) is 5.82 Å². The second-order valence-electron chi connectivity index (χ2n) is 3.80. The Kier molecular flexibility index (Phi) is 3.57. The molecule has 0 fully saturated rings. The molecule has 0 saturated heterocycles. The van der Waals surface area contributed by atoms with Crippen molar-refractivity contribution in [3.8, 4) is 11.3 Å². The number of hydrogen-bond donors (Lipinski definition) is 0. The van der Waals surface area contributed by atoms with Crippen molar-refractivity contribution in [1.29, 1.82) is 0 Å². The van der Waals surface area contributed by atoms with E-state index in [2.05, 4.69) is 10.2 Å². The van der Waals surface area contributed by atoms with Crippen molar-refractivity contribution >= 4 is 23.1 Å². The Morgan fingerprint density at radius 2 is 1.79 bits per heavy atom. The third-order valence-corrected chi connectivity index (χ3v) is 4.44. The van der Waals surface area contributed by atoms with E-state index >= 15 is 0 Å². The summed E-state index contributed by atoms with van der Waals surface area (Å²) in [5, 5.41) is 11.2. The van der Waals surface area contributed by atoms with E-state index in [9.17, 15) is 4.39 Å². The molecule has 0 spiro atoms. The summed E-state index contributed by atoms with van der Waals surface area (Å²) in [4.78, 5) is 0. The minimum Gasteiger partial charge on any atom is -0.207 e. The zero-order valence-electron chi connectivity index (χ0n) is 9.79. The SMILES string of the molecule is Fc1ccc(-c2ccc(Sc3cccs3)nn2)cc1. The van der Waals surface area contributed by atoms with Gasteiger partial charge in [0.05, 0.1) is 9.90 Å². The van der Waals surface area contributed by atoms with E-state index in [1.807, 2.05) is 29.6 Å². The first-order valence-corrected chi connectivity index (χ1v) is 7.32. The molecule has 19 heavy (non-hydrogen) atoms. The predicted molar refractivity (Wildman–Crippen MR) is 75.9 cm³/mol. The fourth-order valence-corrected chi connectivity index (χ4v) is 3.21. The number of nitrogens with zero attached hydrogens (tertiary/aromatic N) is 2. The van der Waals surface area contributed by atoms with Gasteiger partial charge >= 0.3 is 0 Å². The lowest BCUT2D eigenvalue weighted by atomic mass is 10.1. The molecule has 0 radical (unpaired) electrons. The van der Waals surface area contributed by atoms with Crippen molar-refractivity contribution in [2.75, 3.05) is 0 Å². The molecule has 0 saturated carbocycles. The van der Waals surface area contributed by atoms with Crippen LogP contribution in [0.1, 0.15) is 0 Å². The highest BCUT2D eigenvalue weighted by molar-refractivity contribution is 8.01. The second-order valence-corrected chi connectivity index (χ2v) is 6.07. The second kappa shape index (κ2) is 5.50. The fourth-order valence-electron chi connectivity index (χ4n) is 1.57. The van der Waals surface area contributed by atoms with Gasteiger partial charge in [0.25, 0.3) is 0 Å². The molecular formula is C14H9FN2S2. The summed E-state index contributed by atoms with van der Waals surface area (Å²) in [6.07, 6.45) is 0. The van der Waals surface area contributed by atoms with Gasteiger partial charge in [-0.1, -0.05) is 17.8 Å². The fraction of sp³-hybridized carbons (Fsp3) is 0. The maximum absolute atomic E-state index is 12.8. The van der Waals surface area contributed by atoms with Gasteiger partial charge in [-0.25, -0.2) is 4.39 Å². The van der Waals surface area contributed by atoms with E-state index in [0.717, 1.165) is 16.3 Å². The van der Waals surface area contributed by atoms with Gasteiger partial charge in [0.15, 0.2) is 0 Å². The maximum atomic E-state index is 12.8. The lowest BCUT2D eigenvalue weighted by Crippen LogP contribution is -1.89. The van der Waals surface area contributed by atoms with E-state index in [4.69, 9.17) is 0 Å². The van der Waals surface area contributed by atoms with Crippen LogP contribution in [0.5, 0.6) is 0 Å². The minimum absolute atomic E-state index is 0.249. The number of halogens is 1. The van der Waals surface area contributed by atoms with Crippen LogP contribution in [0.15, 0.2) is 63.1 Å². The van der Waals surface area contributed by atoms with Crippen LogP contribution in [0.2, 0.25) is 0 Å². The molecule has 5 heteroatoms. The maximum Gasteiger partial charge on any atom is 0.124 e. The molecule has 0 atom stereocenters. The molecule has 94 valence electrons. The van der Waals surface area contributed by atoms with E-state index in [1.165, 1.54) is 16.3 Å². The van der Waals surface area contributed by atoms with Crippen molar-refractivity contribution in [2.45, 2.75) is 9.24 Å². The molecule has 0 bridgehead atoms. The van der Waals surface area contributed by atoms with Crippen molar-refractivity contribution in [3.63, 3.8) is 0 Å². The Hall–Kier alpha value is -1.72. The minimum atomic E-state index is -0.249. The molecule has 2 nitrogen and oxygen atoms in total. The molecule has 0 aliphatic rings. The first-order valence-electron chi connectivity index (χ1n) is 5.62. The van der Waals surface area contributed by atoms with E-state index in [-0.39, 0.29) is 5.82 Å². The molecule has 0 unspecified atom stereocenters. The Morgan fingerprint density at radius 3 is 2.42 bits per heavy atom. The largest absolute Gasteiger partial charge is 0.207 e. The molecule has 2 heterocycles. The molecule has 0 aliphatic carbocycles. The van der Waals surface area contributed by atoms with Gasteiger partial charge in [-0.05, 0) is 47.8 Å². The van der Waals surface area contributed by atoms with Gasteiger partial charge < -0.3 is 0 Å². The van der Waals surface area contributed by atoms with Gasteiger partial charge in [-0.15, -0.1) is 21.5 Å². The van der Waals surface area contributed by atoms with Crippen LogP contribution >= 0.6 is 23.1 Å². The van der Waals surface area contributed by atoms with Crippen LogP contribution in [-0.4, -0.2) is 10.2 Å². The lowest BCUT2D eigenvalue weighted by molar-refractivity contribution is 0.628. The molecule has 1 aromatic carbocycles. The topological polar surface area (TPSA) is 25.8 Å². The highest BCUT2D eigenvalue weighted by atomic mass is 32.2. The molecule has 0 amide bonds. The number of thiophene rings is 1. The third-order valence-electron chi connectivity index (χ3n) is 2.48. The summed E-state index contributed by atoms with van der Waals surface area (Å²) in [7, 11) is 0. The van der Waals surface area contributed by atoms with Gasteiger partial charge in [0.1, 0.15) is 10.8 Å². The van der Waals surface area contributed by atoms with Crippen molar-refractivity contribution < 1.29 is 4.39 Å². The van der Waals surface area contributed by atoms with Crippen molar-refractivity contribution in [2.24, 2.45) is 0 Å². The number of aromatic nitrogens is 2. The number of benzene rings is 1. The average Bonchev–Trinajstić information content (AvgIpc) is 2.94. The van der Waals surface area contributed by atoms with E-state index in [0.29, 0.717) is 0 Å². The molecular weight excluding hydrogens is 279 g/mol. The van der Waals surface area contributed by atoms with Crippen LogP contribution in [0.25, 0.3) is 11.3 Å². The summed E-state index contributed by atoms with van der Waals surface area (Å²) in [5.41, 5.74) is 1.61. The van der Waals surface area contributed by atoms with E-state index in [1.54, 1.807) is 35.2 Å². The Morgan fingerprint density at radius 1 is 0.947 bits per heavy atom.